The van der Waals surface area contributed by atoms with Crippen molar-refractivity contribution in [3.8, 4) is 0 Å². The zero-order chi connectivity index (χ0) is 45.7. The molecule has 1 fully saturated rings. The predicted octanol–water partition coefficient (Wildman–Crippen LogP) is 0.840. The fourth-order valence-corrected chi connectivity index (χ4v) is 7.69. The summed E-state index contributed by atoms with van der Waals surface area (Å²) in [6.07, 6.45) is 6.68. The van der Waals surface area contributed by atoms with Crippen LogP contribution in [0.1, 0.15) is 104 Å². The lowest BCUT2D eigenvalue weighted by molar-refractivity contribution is -0.153. The normalized spacial score (nSPS) is 17.0. The standard InChI is InChI=1S/C44H72N8O9/c1-28(2)22-37(43(60)52(6)44(27-53,25-33(54)26-61-7)38(55)34(46)23-31-16-10-8-11-17-31)51-40(57)30(4)48-39(56)29(3)49-41(58)35(20-14-15-21-45)50-42(59)36(47-5)24-32-18-12-9-13-19-32/h9,12-13,18-19,27-31,34-37,47H,8,10-11,14-17,20-26,45-46H2,1-7H3,(H,48,56)(H,49,58)(H,50,59)(H,51,57)/t29-,30-,34-,35-,36-,37-,44-/m0/s1. The van der Waals surface area contributed by atoms with Crippen molar-refractivity contribution in [2.75, 3.05) is 34.4 Å². The third kappa shape index (κ3) is 16.7. The van der Waals surface area contributed by atoms with Gasteiger partial charge in [-0.25, -0.2) is 0 Å². The average molecular weight is 857 g/mol. The highest BCUT2D eigenvalue weighted by Gasteiger charge is 2.49. The number of likely N-dealkylation sites (N-methyl/N-ethyl adjacent to an activating group) is 2. The molecule has 1 aliphatic carbocycles. The number of hydrogen-bond donors (Lipinski definition) is 7. The van der Waals surface area contributed by atoms with E-state index in [0.717, 1.165) is 42.6 Å². The molecule has 1 aromatic rings. The average Bonchev–Trinajstić information content (AvgIpc) is 3.23. The molecule has 0 heterocycles. The first kappa shape index (κ1) is 52.6. The smallest absolute Gasteiger partial charge is 0.246 e. The molecular weight excluding hydrogens is 785 g/mol. The van der Waals surface area contributed by atoms with Crippen molar-refractivity contribution in [1.82, 2.24) is 31.5 Å². The van der Waals surface area contributed by atoms with Gasteiger partial charge in [-0.15, -0.1) is 0 Å². The Morgan fingerprint density at radius 1 is 0.836 bits per heavy atom. The van der Waals surface area contributed by atoms with Gasteiger partial charge >= 0.3 is 0 Å². The second-order valence-corrected chi connectivity index (χ2v) is 16.8. The van der Waals surface area contributed by atoms with E-state index in [4.69, 9.17) is 16.2 Å². The summed E-state index contributed by atoms with van der Waals surface area (Å²) >= 11 is 0. The monoisotopic (exact) mass is 857 g/mol. The van der Waals surface area contributed by atoms with E-state index in [1.54, 1.807) is 7.05 Å². The molecule has 0 aliphatic heterocycles. The highest BCUT2D eigenvalue weighted by atomic mass is 16.5. The molecule has 1 aliphatic rings. The number of Topliss-reactive ketones (excluding diaryl/α,β-unsaturated/α-hetero) is 2. The van der Waals surface area contributed by atoms with Gasteiger partial charge in [-0.05, 0) is 83.4 Å². The van der Waals surface area contributed by atoms with Crippen LogP contribution in [0.4, 0.5) is 0 Å². The molecule has 0 saturated heterocycles. The van der Waals surface area contributed by atoms with Gasteiger partial charge < -0.3 is 52.5 Å². The zero-order valence-corrected chi connectivity index (χ0v) is 37.3. The molecule has 2 rings (SSSR count). The minimum atomic E-state index is -2.26. The fourth-order valence-electron chi connectivity index (χ4n) is 7.69. The van der Waals surface area contributed by atoms with E-state index in [2.05, 4.69) is 26.6 Å². The lowest BCUT2D eigenvalue weighted by Crippen LogP contribution is -2.65. The van der Waals surface area contributed by atoms with Crippen molar-refractivity contribution < 1.29 is 43.1 Å². The van der Waals surface area contributed by atoms with E-state index in [1.165, 1.54) is 28.0 Å². The van der Waals surface area contributed by atoms with Crippen molar-refractivity contribution in [1.29, 1.82) is 0 Å². The molecule has 61 heavy (non-hydrogen) atoms. The molecule has 17 heteroatoms. The maximum Gasteiger partial charge on any atom is 0.246 e. The molecule has 0 bridgehead atoms. The van der Waals surface area contributed by atoms with Crippen LogP contribution in [0.3, 0.4) is 0 Å². The summed E-state index contributed by atoms with van der Waals surface area (Å²) in [5.74, 6) is -4.61. The van der Waals surface area contributed by atoms with Crippen molar-refractivity contribution in [3.05, 3.63) is 35.9 Å². The van der Waals surface area contributed by atoms with Crippen LogP contribution in [0.15, 0.2) is 30.3 Å². The Morgan fingerprint density at radius 2 is 1.41 bits per heavy atom. The molecule has 9 N–H and O–H groups in total. The molecule has 0 radical (unpaired) electrons. The predicted molar refractivity (Wildman–Crippen MR) is 232 cm³/mol. The molecule has 0 spiro atoms. The summed E-state index contributed by atoms with van der Waals surface area (Å²) in [6.45, 7) is 6.46. The van der Waals surface area contributed by atoms with Gasteiger partial charge in [0.15, 0.2) is 23.4 Å². The van der Waals surface area contributed by atoms with Crippen LogP contribution in [0.5, 0.6) is 0 Å². The van der Waals surface area contributed by atoms with Crippen LogP contribution in [-0.2, 0) is 49.5 Å². The first-order valence-electron chi connectivity index (χ1n) is 21.6. The van der Waals surface area contributed by atoms with Crippen LogP contribution < -0.4 is 38.1 Å². The fraction of sp³-hybridized carbons (Fsp3) is 0.682. The number of amides is 5. The first-order valence-corrected chi connectivity index (χ1v) is 21.6. The number of ether oxygens (including phenoxy) is 1. The van der Waals surface area contributed by atoms with Gasteiger partial charge in [0.25, 0.3) is 0 Å². The van der Waals surface area contributed by atoms with Crippen molar-refractivity contribution in [2.24, 2.45) is 23.3 Å². The van der Waals surface area contributed by atoms with Gasteiger partial charge in [0, 0.05) is 20.6 Å². The molecular formula is C44H72N8O9. The summed E-state index contributed by atoms with van der Waals surface area (Å²) in [5.41, 5.74) is 10.8. The minimum Gasteiger partial charge on any atom is -0.377 e. The summed E-state index contributed by atoms with van der Waals surface area (Å²) in [6, 6.07) is 3.07. The van der Waals surface area contributed by atoms with Crippen molar-refractivity contribution in [3.63, 3.8) is 0 Å². The number of nitrogens with two attached hydrogens (primary N) is 2. The number of methoxy groups -OCH3 is 1. The van der Waals surface area contributed by atoms with E-state index in [9.17, 15) is 38.4 Å². The summed E-state index contributed by atoms with van der Waals surface area (Å²) in [7, 11) is 4.19. The van der Waals surface area contributed by atoms with Gasteiger partial charge in [-0.2, -0.15) is 0 Å². The number of benzene rings is 1. The first-order chi connectivity index (χ1) is 28.9. The molecule has 5 amide bonds. The molecule has 7 atom stereocenters. The molecule has 1 aromatic carbocycles. The number of hydrogen-bond acceptors (Lipinski definition) is 12. The number of unbranched alkanes of at least 4 members (excludes halogenated alkanes) is 1. The Bertz CT molecular complexity index is 1610. The SMILES string of the molecule is CN[C@@H](Cc1ccccc1)C(=O)N[C@@H](CCCCN)C(=O)N[C@@H](C)C(=O)N[C@@H](C)C(=O)N[C@@H](CC(C)C)C(=O)N(C)[C@](C=O)(CC(=O)COC)C(=O)[C@@H](N)CC1CCCCC1. The minimum absolute atomic E-state index is 0.0856. The lowest BCUT2D eigenvalue weighted by Gasteiger charge is -2.40. The number of carbonyl (C=O) groups is 8. The molecule has 1 saturated carbocycles. The van der Waals surface area contributed by atoms with Crippen LogP contribution in [0, 0.1) is 11.8 Å². The third-order valence-corrected chi connectivity index (χ3v) is 11.3. The maximum atomic E-state index is 14.3. The van der Waals surface area contributed by atoms with E-state index in [-0.39, 0.29) is 31.0 Å². The Balaban J connectivity index is 2.21. The molecule has 0 unspecified atom stereocenters. The topological polar surface area (TPSA) is 261 Å². The molecule has 342 valence electrons. The van der Waals surface area contributed by atoms with Crippen LogP contribution >= 0.6 is 0 Å². The second kappa shape index (κ2) is 26.7. The molecule has 0 aromatic heterocycles. The quantitative estimate of drug-likeness (QED) is 0.0352. The van der Waals surface area contributed by atoms with Crippen LogP contribution in [0.25, 0.3) is 0 Å². The van der Waals surface area contributed by atoms with E-state index < -0.39 is 95.9 Å². The lowest BCUT2D eigenvalue weighted by atomic mass is 9.78. The Morgan fingerprint density at radius 3 is 1.97 bits per heavy atom. The molecule has 17 nitrogen and oxygen atoms in total. The summed E-state index contributed by atoms with van der Waals surface area (Å²) in [5, 5.41) is 13.7. The van der Waals surface area contributed by atoms with Gasteiger partial charge in [0.05, 0.1) is 12.1 Å². The number of carbonyl (C=O) groups excluding carboxylic acids is 8. The Kier molecular flexibility index (Phi) is 23.0. The number of rotatable bonds is 28. The van der Waals surface area contributed by atoms with E-state index in [0.29, 0.717) is 32.2 Å². The van der Waals surface area contributed by atoms with E-state index in [1.807, 2.05) is 44.2 Å². The number of aldehydes is 1. The third-order valence-electron chi connectivity index (χ3n) is 11.3. The number of ketones is 2. The van der Waals surface area contributed by atoms with Gasteiger partial charge in [-0.1, -0.05) is 76.3 Å². The van der Waals surface area contributed by atoms with E-state index >= 15 is 0 Å². The number of nitrogens with zero attached hydrogens (tertiary/aromatic N) is 1. The van der Waals surface area contributed by atoms with Crippen LogP contribution in [0.2, 0.25) is 0 Å². The van der Waals surface area contributed by atoms with Gasteiger partial charge in [0.1, 0.15) is 30.8 Å². The Labute approximate surface area is 361 Å². The van der Waals surface area contributed by atoms with Crippen molar-refractivity contribution in [2.45, 2.75) is 147 Å². The van der Waals surface area contributed by atoms with Crippen LogP contribution in [-0.4, -0.2) is 128 Å². The largest absolute Gasteiger partial charge is 0.377 e. The van der Waals surface area contributed by atoms with Gasteiger partial charge in [-0.3, -0.25) is 33.6 Å². The number of nitrogens with one attached hydrogen (secondary N) is 5. The maximum absolute atomic E-state index is 14.3. The highest BCUT2D eigenvalue weighted by Crippen LogP contribution is 2.30. The summed E-state index contributed by atoms with van der Waals surface area (Å²) in [4.78, 5) is 109. The highest BCUT2D eigenvalue weighted by molar-refractivity contribution is 6.12. The second-order valence-electron chi connectivity index (χ2n) is 16.8. The van der Waals surface area contributed by atoms with Crippen molar-refractivity contribution >= 4 is 47.4 Å². The Hall–Kier alpha value is -4.58. The summed E-state index contributed by atoms with van der Waals surface area (Å²) < 4.78 is 4.97. The van der Waals surface area contributed by atoms with Gasteiger partial charge in [0.2, 0.25) is 29.5 Å². The zero-order valence-electron chi connectivity index (χ0n) is 37.3.